The van der Waals surface area contributed by atoms with E-state index in [4.69, 9.17) is 5.73 Å². The molecule has 472 valence electrons. The van der Waals surface area contributed by atoms with Crippen molar-refractivity contribution >= 4 is 65.0 Å². The highest BCUT2D eigenvalue weighted by Crippen LogP contribution is 2.21. The predicted octanol–water partition coefficient (Wildman–Crippen LogP) is -2.81. The van der Waals surface area contributed by atoms with Crippen LogP contribution in [-0.2, 0) is 65.6 Å². The van der Waals surface area contributed by atoms with E-state index in [9.17, 15) is 83.4 Å². The highest BCUT2D eigenvalue weighted by atomic mass is 16.4. The molecule has 1 heterocycles. The number of carbonyl (C=O) groups excluding carboxylic acids is 10. The maximum Gasteiger partial charge on any atom is 0.328 e. The number of carbonyl (C=O) groups is 11. The van der Waals surface area contributed by atoms with Crippen molar-refractivity contribution < 1.29 is 83.4 Å². The number of aromatic hydroxyl groups is 2. The average Bonchev–Trinajstić information content (AvgIpc) is 4.09. The lowest BCUT2D eigenvalue weighted by atomic mass is 9.97. The van der Waals surface area contributed by atoms with Gasteiger partial charge in [-0.15, -0.1) is 0 Å². The van der Waals surface area contributed by atoms with Gasteiger partial charge in [-0.05, 0) is 106 Å². The van der Waals surface area contributed by atoms with Crippen molar-refractivity contribution in [1.82, 2.24) is 52.8 Å². The summed E-state index contributed by atoms with van der Waals surface area (Å²) in [5, 5.41) is 81.7. The van der Waals surface area contributed by atoms with Gasteiger partial charge in [-0.3, -0.25) is 47.9 Å². The molecular weight excluding hydrogens is 1110 g/mol. The molecule has 13 atom stereocenters. The molecule has 17 N–H and O–H groups in total. The molecular formula is C57H87N11O17. The minimum absolute atomic E-state index is 0.00497. The highest BCUT2D eigenvalue weighted by Gasteiger charge is 2.41. The lowest BCUT2D eigenvalue weighted by molar-refractivity contribution is -0.144. The van der Waals surface area contributed by atoms with Crippen molar-refractivity contribution in [3.63, 3.8) is 0 Å². The largest absolute Gasteiger partial charge is 0.508 e. The Morgan fingerprint density at radius 3 is 1.42 bits per heavy atom. The Kier molecular flexibility index (Phi) is 28.6. The van der Waals surface area contributed by atoms with E-state index in [1.807, 2.05) is 0 Å². The first kappa shape index (κ1) is 71.3. The summed E-state index contributed by atoms with van der Waals surface area (Å²) in [5.41, 5.74) is 7.16. The SMILES string of the molecule is CC[C@H](C)[C@H](NC(=O)[C@@H](NC(=O)[C@@H](N)Cc1ccc(O)cc1)[C@@H](C)O)C(=O)N[C@@H](C)C(=O)N[C@@H](C)C(=O)N[C@@H](CC(C)C)C(=O)N[C@@H](CC(C)C)C(=O)N[C@@H](CO)C(=O)N1CCC[C@H]1C(=O)N[C@@H](Cc1ccc(O)cc1)C(=O)N[C@@H](CO)C(=O)O. The molecule has 0 radical (unpaired) electrons. The number of rotatable bonds is 33. The van der Waals surface area contributed by atoms with Crippen LogP contribution < -0.4 is 53.6 Å². The highest BCUT2D eigenvalue weighted by molar-refractivity contribution is 5.99. The van der Waals surface area contributed by atoms with E-state index < -0.39 is 157 Å². The molecule has 2 aromatic carbocycles. The number of carboxylic acid groups (broad SMARTS) is 1. The Morgan fingerprint density at radius 1 is 0.529 bits per heavy atom. The molecule has 10 amide bonds. The molecule has 0 aromatic heterocycles. The monoisotopic (exact) mass is 1200 g/mol. The summed E-state index contributed by atoms with van der Waals surface area (Å²) in [6.45, 7) is 12.5. The van der Waals surface area contributed by atoms with Gasteiger partial charge >= 0.3 is 5.97 Å². The van der Waals surface area contributed by atoms with Crippen molar-refractivity contribution in [1.29, 1.82) is 0 Å². The minimum atomic E-state index is -1.71. The molecule has 85 heavy (non-hydrogen) atoms. The van der Waals surface area contributed by atoms with E-state index >= 15 is 0 Å². The number of likely N-dealkylation sites (tertiary alicyclic amines) is 1. The first-order valence-electron chi connectivity index (χ1n) is 28.4. The normalized spacial score (nSPS) is 17.4. The van der Waals surface area contributed by atoms with Crippen molar-refractivity contribution in [3.05, 3.63) is 59.7 Å². The summed E-state index contributed by atoms with van der Waals surface area (Å²) in [5.74, 6) is -11.1. The van der Waals surface area contributed by atoms with E-state index in [2.05, 4.69) is 47.9 Å². The number of amides is 10. The zero-order chi connectivity index (χ0) is 64.0. The van der Waals surface area contributed by atoms with Gasteiger partial charge in [0.25, 0.3) is 0 Å². The number of aliphatic carboxylic acids is 1. The van der Waals surface area contributed by atoms with Crippen LogP contribution in [0.5, 0.6) is 11.5 Å². The summed E-state index contributed by atoms with van der Waals surface area (Å²) in [6.07, 6.45) is -0.781. The van der Waals surface area contributed by atoms with E-state index in [1.165, 1.54) is 57.2 Å². The number of aliphatic hydroxyl groups is 3. The second-order valence-electron chi connectivity index (χ2n) is 22.4. The molecule has 28 nitrogen and oxygen atoms in total. The van der Waals surface area contributed by atoms with E-state index in [0.717, 1.165) is 4.90 Å². The van der Waals surface area contributed by atoms with Gasteiger partial charge < -0.3 is 89.1 Å². The number of nitrogens with zero attached hydrogens (tertiary/aromatic N) is 1. The number of hydrogen-bond donors (Lipinski definition) is 16. The number of phenolic OH excluding ortho intramolecular Hbond substituents is 2. The number of aliphatic hydroxyl groups excluding tert-OH is 3. The fourth-order valence-corrected chi connectivity index (χ4v) is 9.10. The van der Waals surface area contributed by atoms with Crippen molar-refractivity contribution in [2.45, 2.75) is 180 Å². The number of phenols is 2. The number of carboxylic acids is 1. The standard InChI is InChI=1S/C57H87N11O17/c1-10-30(6)45(66-55(82)46(33(9)71)67-49(76)38(58)24-34-13-17-36(72)18-14-34)54(81)60-31(7)47(74)59-32(8)48(75)61-39(22-28(2)3)50(77)62-40(23-29(4)5)51(78)64-42(26-69)56(83)68-21-11-12-44(68)53(80)63-41(25-35-15-19-37(73)20-16-35)52(79)65-43(27-70)57(84)85/h13-20,28-33,38-46,69-73H,10-12,21-27,58H2,1-9H3,(H,59,74)(H,60,81)(H,61,75)(H,62,77)(H,63,80)(H,64,78)(H,65,79)(H,66,82)(H,67,76)(H,84,85)/t30-,31-,32-,33+,38-,39-,40-,41-,42-,43-,44-,45-,46-/m0/s1. The van der Waals surface area contributed by atoms with Crippen LogP contribution in [0.1, 0.15) is 106 Å². The molecule has 0 bridgehead atoms. The lowest BCUT2D eigenvalue weighted by Crippen LogP contribution is -2.61. The third-order valence-corrected chi connectivity index (χ3v) is 14.2. The van der Waals surface area contributed by atoms with Gasteiger partial charge in [0.15, 0.2) is 0 Å². The van der Waals surface area contributed by atoms with Gasteiger partial charge in [0, 0.05) is 13.0 Å². The smallest absolute Gasteiger partial charge is 0.328 e. The molecule has 1 fully saturated rings. The zero-order valence-corrected chi connectivity index (χ0v) is 49.5. The molecule has 1 aliphatic heterocycles. The van der Waals surface area contributed by atoms with Crippen LogP contribution >= 0.6 is 0 Å². The van der Waals surface area contributed by atoms with E-state index in [-0.39, 0.29) is 62.0 Å². The molecule has 0 saturated carbocycles. The van der Waals surface area contributed by atoms with Gasteiger partial charge in [0.05, 0.1) is 25.4 Å². The van der Waals surface area contributed by atoms with Crippen molar-refractivity contribution in [2.24, 2.45) is 23.5 Å². The van der Waals surface area contributed by atoms with Gasteiger partial charge in [0.1, 0.15) is 71.9 Å². The second-order valence-corrected chi connectivity index (χ2v) is 22.4. The van der Waals surface area contributed by atoms with E-state index in [0.29, 0.717) is 24.0 Å². The Morgan fingerprint density at radius 2 is 0.953 bits per heavy atom. The van der Waals surface area contributed by atoms with Crippen LogP contribution in [0.4, 0.5) is 0 Å². The van der Waals surface area contributed by atoms with Crippen molar-refractivity contribution in [2.75, 3.05) is 19.8 Å². The fraction of sp³-hybridized carbons (Fsp3) is 0.596. The third kappa shape index (κ3) is 22.5. The summed E-state index contributed by atoms with van der Waals surface area (Å²) in [4.78, 5) is 150. The van der Waals surface area contributed by atoms with Crippen LogP contribution in [-0.4, -0.2) is 193 Å². The molecule has 0 unspecified atom stereocenters. The third-order valence-electron chi connectivity index (χ3n) is 14.2. The van der Waals surface area contributed by atoms with Gasteiger partial charge in [0.2, 0.25) is 59.1 Å². The van der Waals surface area contributed by atoms with Crippen LogP contribution in [0.3, 0.4) is 0 Å². The zero-order valence-electron chi connectivity index (χ0n) is 49.5. The average molecular weight is 1200 g/mol. The van der Waals surface area contributed by atoms with Gasteiger partial charge in [-0.25, -0.2) is 4.79 Å². The fourth-order valence-electron chi connectivity index (χ4n) is 9.10. The molecule has 0 spiro atoms. The number of nitrogens with two attached hydrogens (primary N) is 1. The summed E-state index contributed by atoms with van der Waals surface area (Å²) < 4.78 is 0. The van der Waals surface area contributed by atoms with E-state index in [1.54, 1.807) is 53.7 Å². The Balaban J connectivity index is 1.69. The lowest BCUT2D eigenvalue weighted by Gasteiger charge is -2.31. The minimum Gasteiger partial charge on any atom is -0.508 e. The Labute approximate surface area is 493 Å². The van der Waals surface area contributed by atoms with Crippen LogP contribution in [0, 0.1) is 17.8 Å². The first-order valence-corrected chi connectivity index (χ1v) is 28.4. The Hall–Kier alpha value is -7.95. The number of benzene rings is 2. The summed E-state index contributed by atoms with van der Waals surface area (Å²) in [6, 6.07) is -3.61. The van der Waals surface area contributed by atoms with Crippen molar-refractivity contribution in [3.8, 4) is 11.5 Å². The van der Waals surface area contributed by atoms with Crippen LogP contribution in [0.25, 0.3) is 0 Å². The molecule has 28 heteroatoms. The summed E-state index contributed by atoms with van der Waals surface area (Å²) >= 11 is 0. The van der Waals surface area contributed by atoms with Gasteiger partial charge in [-0.2, -0.15) is 0 Å². The molecule has 1 aliphatic rings. The molecule has 2 aromatic rings. The van der Waals surface area contributed by atoms with Crippen LogP contribution in [0.2, 0.25) is 0 Å². The maximum absolute atomic E-state index is 14.1. The Bertz CT molecular complexity index is 2620. The molecule has 0 aliphatic carbocycles. The molecule has 1 saturated heterocycles. The predicted molar refractivity (Wildman–Crippen MR) is 307 cm³/mol. The summed E-state index contributed by atoms with van der Waals surface area (Å²) in [7, 11) is 0. The number of hydrogen-bond acceptors (Lipinski definition) is 17. The van der Waals surface area contributed by atoms with Crippen LogP contribution in [0.15, 0.2) is 48.5 Å². The topological polar surface area (TPSA) is 447 Å². The maximum atomic E-state index is 14.1. The quantitative estimate of drug-likeness (QED) is 0.0343. The number of nitrogens with one attached hydrogen (secondary N) is 9. The molecule has 3 rings (SSSR count). The first-order chi connectivity index (χ1) is 39.9. The van der Waals surface area contributed by atoms with Gasteiger partial charge in [-0.1, -0.05) is 72.2 Å². The second kappa shape index (κ2) is 34.1.